The smallest absolute Gasteiger partial charge is 0.341 e. The molecule has 1 heterocycles. The number of carbonyl (C=O) groups excluding carboxylic acids is 1. The highest BCUT2D eigenvalue weighted by Crippen LogP contribution is 2.40. The number of rotatable bonds is 11. The number of nitrogens with one attached hydrogen (secondary N) is 2. The molecule has 2 rings (SSSR count). The fourth-order valence-corrected chi connectivity index (χ4v) is 5.01. The largest absolute Gasteiger partial charge is 0.465 e. The molecule has 0 aliphatic carbocycles. The first-order valence-electron chi connectivity index (χ1n) is 9.41. The summed E-state index contributed by atoms with van der Waals surface area (Å²) in [6, 6.07) is 7.03. The fourth-order valence-electron chi connectivity index (χ4n) is 2.90. The second-order valence-electron chi connectivity index (χ2n) is 6.32. The van der Waals surface area contributed by atoms with E-state index in [0.717, 1.165) is 17.7 Å². The van der Waals surface area contributed by atoms with Crippen LogP contribution in [-0.4, -0.2) is 56.6 Å². The van der Waals surface area contributed by atoms with E-state index in [4.69, 9.17) is 32.5 Å². The Kier molecular flexibility index (Phi) is 10.1. The van der Waals surface area contributed by atoms with Crippen LogP contribution in [0.4, 0.5) is 5.69 Å². The molecule has 0 unspecified atom stereocenters. The minimum Gasteiger partial charge on any atom is -0.465 e. The molecule has 1 fully saturated rings. The van der Waals surface area contributed by atoms with Crippen molar-refractivity contribution in [3.05, 3.63) is 29.8 Å². The molecule has 2 N–H and O–H groups in total. The molecule has 0 aromatic heterocycles. The predicted octanol–water partition coefficient (Wildman–Crippen LogP) is 3.15. The summed E-state index contributed by atoms with van der Waals surface area (Å²) in [5.74, 6) is 0.564. The third-order valence-corrected chi connectivity index (χ3v) is 6.44. The van der Waals surface area contributed by atoms with Gasteiger partial charge in [0.2, 0.25) is 0 Å². The number of esters is 1. The molecule has 158 valence electrons. The van der Waals surface area contributed by atoms with Crippen LogP contribution in [0.5, 0.6) is 0 Å². The molecule has 10 heteroatoms. The number of anilines is 1. The van der Waals surface area contributed by atoms with Crippen LogP contribution in [0.1, 0.15) is 18.9 Å². The maximum Gasteiger partial charge on any atom is 0.341 e. The van der Waals surface area contributed by atoms with Crippen molar-refractivity contribution in [1.29, 1.82) is 0 Å². The highest BCUT2D eigenvalue weighted by atomic mass is 35.5. The Bertz CT molecular complexity index is 647. The van der Waals surface area contributed by atoms with Gasteiger partial charge in [-0.15, -0.1) is 23.2 Å². The Morgan fingerprint density at radius 1 is 1.32 bits per heavy atom. The van der Waals surface area contributed by atoms with Crippen LogP contribution in [0.25, 0.3) is 0 Å². The Balaban J connectivity index is 2.10. The molecule has 0 radical (unpaired) electrons. The number of carbonyl (C=O) groups is 1. The molecule has 0 amide bonds. The lowest BCUT2D eigenvalue weighted by molar-refractivity contribution is -0.145. The highest BCUT2D eigenvalue weighted by molar-refractivity contribution is 7.54. The minimum atomic E-state index is -3.27. The van der Waals surface area contributed by atoms with Gasteiger partial charge in [0.1, 0.15) is 6.04 Å². The van der Waals surface area contributed by atoms with Crippen LogP contribution < -0.4 is 15.1 Å². The molecular weight excluding hydrogens is 424 g/mol. The molecule has 28 heavy (non-hydrogen) atoms. The molecule has 7 nitrogen and oxygen atoms in total. The van der Waals surface area contributed by atoms with Gasteiger partial charge in [0.25, 0.3) is 0 Å². The molecule has 2 atom stereocenters. The van der Waals surface area contributed by atoms with Crippen molar-refractivity contribution < 1.29 is 18.6 Å². The van der Waals surface area contributed by atoms with Crippen molar-refractivity contribution in [1.82, 2.24) is 10.2 Å². The SMILES string of the molecule is CCOC(=O)[C@@H](Cc1ccc(N(CCCl)CCCl)cc1)N[P@@]1(=O)NCCCO1. The lowest BCUT2D eigenvalue weighted by Crippen LogP contribution is -2.42. The predicted molar refractivity (Wildman–Crippen MR) is 114 cm³/mol. The van der Waals surface area contributed by atoms with Gasteiger partial charge < -0.3 is 14.2 Å². The summed E-state index contributed by atoms with van der Waals surface area (Å²) in [4.78, 5) is 14.5. The Morgan fingerprint density at radius 2 is 2.00 bits per heavy atom. The van der Waals surface area contributed by atoms with E-state index in [1.807, 2.05) is 24.3 Å². The van der Waals surface area contributed by atoms with Gasteiger partial charge in [-0.3, -0.25) is 9.36 Å². The molecule has 1 aliphatic heterocycles. The molecule has 1 aromatic rings. The van der Waals surface area contributed by atoms with Gasteiger partial charge in [-0.1, -0.05) is 12.1 Å². The summed E-state index contributed by atoms with van der Waals surface area (Å²) in [6.07, 6.45) is 1.11. The van der Waals surface area contributed by atoms with Gasteiger partial charge >= 0.3 is 13.6 Å². The number of nitrogens with zero attached hydrogens (tertiary/aromatic N) is 1. The maximum atomic E-state index is 12.7. The summed E-state index contributed by atoms with van der Waals surface area (Å²) in [5.41, 5.74) is 1.92. The van der Waals surface area contributed by atoms with E-state index in [0.29, 0.717) is 44.4 Å². The Morgan fingerprint density at radius 3 is 2.54 bits per heavy atom. The molecule has 1 aromatic carbocycles. The maximum absolute atomic E-state index is 12.7. The van der Waals surface area contributed by atoms with Crippen LogP contribution in [0, 0.1) is 0 Å². The van der Waals surface area contributed by atoms with Crippen molar-refractivity contribution in [3.8, 4) is 0 Å². The van der Waals surface area contributed by atoms with E-state index in [1.54, 1.807) is 6.92 Å². The first kappa shape index (κ1) is 23.5. The van der Waals surface area contributed by atoms with Crippen LogP contribution in [0.15, 0.2) is 24.3 Å². The molecule has 0 spiro atoms. The third-order valence-electron chi connectivity index (χ3n) is 4.26. The molecule has 1 saturated heterocycles. The molecule has 0 bridgehead atoms. The van der Waals surface area contributed by atoms with Crippen LogP contribution in [0.2, 0.25) is 0 Å². The number of alkyl halides is 2. The van der Waals surface area contributed by atoms with E-state index >= 15 is 0 Å². The van der Waals surface area contributed by atoms with Gasteiger partial charge in [0.15, 0.2) is 0 Å². The Hall–Kier alpha value is -0.820. The number of ether oxygens (including phenoxy) is 1. The van der Waals surface area contributed by atoms with E-state index in [-0.39, 0.29) is 6.61 Å². The number of halogens is 2. The van der Waals surface area contributed by atoms with Crippen LogP contribution in [-0.2, 0) is 25.0 Å². The van der Waals surface area contributed by atoms with Crippen LogP contribution in [0.3, 0.4) is 0 Å². The van der Waals surface area contributed by atoms with Crippen molar-refractivity contribution in [2.75, 3.05) is 49.5 Å². The lowest BCUT2D eigenvalue weighted by Gasteiger charge is -2.28. The quantitative estimate of drug-likeness (QED) is 0.303. The van der Waals surface area contributed by atoms with Crippen molar-refractivity contribution in [3.63, 3.8) is 0 Å². The average Bonchev–Trinajstić information content (AvgIpc) is 2.68. The van der Waals surface area contributed by atoms with Crippen molar-refractivity contribution in [2.24, 2.45) is 0 Å². The minimum absolute atomic E-state index is 0.250. The molecular formula is C18H28Cl2N3O4P. The summed E-state index contributed by atoms with van der Waals surface area (Å²) in [7, 11) is -3.27. The zero-order valence-corrected chi connectivity index (χ0v) is 18.4. The van der Waals surface area contributed by atoms with Crippen LogP contribution >= 0.6 is 30.9 Å². The standard InChI is InChI=1S/C18H28Cl2N3O4P/c1-2-26-18(24)17(22-28(25)21-10-3-13-27-28)14-15-4-6-16(7-5-15)23(11-8-19)12-9-20/h4-7,17H,2-3,8-14H2,1H3,(H2,21,22,25)/t17-,28-/m1/s1. The topological polar surface area (TPSA) is 79.9 Å². The highest BCUT2D eigenvalue weighted by Gasteiger charge is 2.33. The number of hydrogen-bond donors (Lipinski definition) is 2. The molecule has 0 saturated carbocycles. The second-order valence-corrected chi connectivity index (χ2v) is 9.01. The van der Waals surface area contributed by atoms with Gasteiger partial charge in [0, 0.05) is 37.1 Å². The lowest BCUT2D eigenvalue weighted by atomic mass is 10.1. The summed E-state index contributed by atoms with van der Waals surface area (Å²) in [5, 5.41) is 5.69. The normalized spacial score (nSPS) is 20.5. The Labute approximate surface area is 176 Å². The first-order chi connectivity index (χ1) is 13.5. The van der Waals surface area contributed by atoms with Crippen molar-refractivity contribution >= 4 is 42.5 Å². The van der Waals surface area contributed by atoms with E-state index in [1.165, 1.54) is 0 Å². The summed E-state index contributed by atoms with van der Waals surface area (Å²) < 4.78 is 23.3. The third kappa shape index (κ3) is 7.21. The van der Waals surface area contributed by atoms with E-state index in [2.05, 4.69) is 15.1 Å². The first-order valence-corrected chi connectivity index (χ1v) is 12.1. The summed E-state index contributed by atoms with van der Waals surface area (Å²) in [6.45, 7) is 4.35. The zero-order chi connectivity index (χ0) is 20.4. The molecule has 1 aliphatic rings. The fraction of sp³-hybridized carbons (Fsp3) is 0.611. The van der Waals surface area contributed by atoms with E-state index < -0.39 is 19.7 Å². The number of benzene rings is 1. The van der Waals surface area contributed by atoms with E-state index in [9.17, 15) is 9.36 Å². The van der Waals surface area contributed by atoms with Gasteiger partial charge in [-0.25, -0.2) is 10.2 Å². The summed E-state index contributed by atoms with van der Waals surface area (Å²) >= 11 is 11.7. The average molecular weight is 452 g/mol. The number of hydrogen-bond acceptors (Lipinski definition) is 5. The van der Waals surface area contributed by atoms with Gasteiger partial charge in [0.05, 0.1) is 13.2 Å². The zero-order valence-electron chi connectivity index (χ0n) is 16.0. The van der Waals surface area contributed by atoms with Crippen molar-refractivity contribution in [2.45, 2.75) is 25.8 Å². The van der Waals surface area contributed by atoms with Gasteiger partial charge in [-0.2, -0.15) is 0 Å². The van der Waals surface area contributed by atoms with Gasteiger partial charge in [-0.05, 0) is 37.5 Å². The monoisotopic (exact) mass is 451 g/mol. The second kappa shape index (κ2) is 12.0.